The fourth-order valence-corrected chi connectivity index (χ4v) is 0. The Bertz CT molecular complexity index is 40.0. The Kier molecular flexibility index (Phi) is 2.63. The number of hydrogen-bond donors (Lipinski definition) is 0. The van der Waals surface area contributed by atoms with Crippen molar-refractivity contribution in [1.82, 2.24) is 0 Å². The van der Waals surface area contributed by atoms with Gasteiger partial charge in [-0.05, 0) is 19.6 Å². The highest BCUT2D eigenvalue weighted by Gasteiger charge is 1.30. The van der Waals surface area contributed by atoms with Gasteiger partial charge in [-0.1, -0.05) is 5.92 Å². The zero-order valence-corrected chi connectivity index (χ0v) is 3.22. The molecule has 21 valence electrons. The van der Waals surface area contributed by atoms with E-state index in [-0.39, 0.29) is 0 Å². The van der Waals surface area contributed by atoms with Gasteiger partial charge in [0.05, 0.1) is 0 Å². The van der Waals surface area contributed by atoms with Crippen LogP contribution in [0.5, 0.6) is 0 Å². The molecule has 0 spiro atoms. The maximum absolute atomic E-state index is 4.19. The second kappa shape index (κ2) is 2.78. The Morgan fingerprint density at radius 1 is 1.75 bits per heavy atom. The summed E-state index contributed by atoms with van der Waals surface area (Å²) in [6.45, 7) is 1.72. The van der Waals surface area contributed by atoms with E-state index in [4.69, 9.17) is 0 Å². The van der Waals surface area contributed by atoms with Gasteiger partial charge in [-0.25, -0.2) is 0 Å². The van der Waals surface area contributed by atoms with Gasteiger partial charge < -0.3 is 0 Å². The first-order chi connectivity index (χ1) is 1.91. The molecule has 0 atom stereocenters. The summed E-state index contributed by atoms with van der Waals surface area (Å²) in [5, 5.41) is 2.26. The van der Waals surface area contributed by atoms with E-state index < -0.39 is 0 Å². The lowest BCUT2D eigenvalue weighted by molar-refractivity contribution is 1.94. The monoisotopic (exact) mass is 71.0 g/mol. The van der Waals surface area contributed by atoms with Crippen molar-refractivity contribution in [2.24, 2.45) is 0 Å². The van der Waals surface area contributed by atoms with Gasteiger partial charge in [-0.15, -0.1) is 0 Å². The highest BCUT2D eigenvalue weighted by molar-refractivity contribution is 7.85. The second-order valence-electron chi connectivity index (χ2n) is 0.352. The second-order valence-corrected chi connectivity index (χ2v) is 0.556. The van der Waals surface area contributed by atoms with Gasteiger partial charge in [-0.2, -0.15) is 0 Å². The van der Waals surface area contributed by atoms with Crippen LogP contribution in [0.4, 0.5) is 0 Å². The zero-order chi connectivity index (χ0) is 3.41. The highest BCUT2D eigenvalue weighted by atomic mass is 32.1. The van der Waals surface area contributed by atoms with Gasteiger partial charge in [0.2, 0.25) is 0 Å². The van der Waals surface area contributed by atoms with Crippen molar-refractivity contribution in [3.05, 3.63) is 0 Å². The minimum Gasteiger partial charge on any atom is -0.0899 e. The van der Waals surface area contributed by atoms with Crippen LogP contribution in [0.1, 0.15) is 6.92 Å². The summed E-state index contributed by atoms with van der Waals surface area (Å²) < 4.78 is 0. The molecular formula is C3H3S. The summed E-state index contributed by atoms with van der Waals surface area (Å²) in [5.74, 6) is 2.50. The number of rotatable bonds is 0. The van der Waals surface area contributed by atoms with Crippen LogP contribution < -0.4 is 0 Å². The first kappa shape index (κ1) is 3.78. The molecule has 0 rings (SSSR count). The minimum atomic E-state index is 1.72. The Labute approximate surface area is 31.6 Å². The van der Waals surface area contributed by atoms with Crippen molar-refractivity contribution in [1.29, 1.82) is 0 Å². The molecule has 0 amide bonds. The van der Waals surface area contributed by atoms with Crippen molar-refractivity contribution in [2.45, 2.75) is 6.92 Å². The zero-order valence-electron chi connectivity index (χ0n) is 2.41. The smallest absolute Gasteiger partial charge is 0.000206 e. The summed E-state index contributed by atoms with van der Waals surface area (Å²) in [6, 6.07) is 0. The van der Waals surface area contributed by atoms with Crippen LogP contribution in [-0.4, -0.2) is 0 Å². The fraction of sp³-hybridized carbons (Fsp3) is 0.333. The van der Waals surface area contributed by atoms with E-state index in [1.807, 2.05) is 0 Å². The molecule has 4 heavy (non-hydrogen) atoms. The largest absolute Gasteiger partial charge is 0.0899 e. The molecule has 0 aromatic carbocycles. The molecule has 1 heteroatoms. The van der Waals surface area contributed by atoms with Crippen molar-refractivity contribution in [3.63, 3.8) is 0 Å². The van der Waals surface area contributed by atoms with E-state index in [9.17, 15) is 0 Å². The standard InChI is InChI=1S/C3H3S/c1-2-3-4/h1H3. The average molecular weight is 71.1 g/mol. The quantitative estimate of drug-likeness (QED) is 0.376. The molecule has 0 aliphatic carbocycles. The third-order valence-electron chi connectivity index (χ3n) is 0.102. The molecule has 0 nitrogen and oxygen atoms in total. The average Bonchev–Trinajstić information content (AvgIpc) is 1.37. The van der Waals surface area contributed by atoms with Gasteiger partial charge in [0.15, 0.2) is 0 Å². The SMILES string of the molecule is CC#C[S]. The molecule has 1 radical (unpaired) electrons. The Balaban J connectivity index is 2.83. The van der Waals surface area contributed by atoms with E-state index in [2.05, 4.69) is 23.8 Å². The summed E-state index contributed by atoms with van der Waals surface area (Å²) >= 11 is 4.19. The van der Waals surface area contributed by atoms with Gasteiger partial charge in [0.1, 0.15) is 0 Å². The summed E-state index contributed by atoms with van der Waals surface area (Å²) in [5.41, 5.74) is 0. The third kappa shape index (κ3) is 1.78. The van der Waals surface area contributed by atoms with Crippen molar-refractivity contribution in [3.8, 4) is 11.2 Å². The van der Waals surface area contributed by atoms with Crippen LogP contribution in [0.25, 0.3) is 0 Å². The first-order valence-corrected chi connectivity index (χ1v) is 1.36. The lowest BCUT2D eigenvalue weighted by Crippen LogP contribution is -1.22. The van der Waals surface area contributed by atoms with E-state index >= 15 is 0 Å². The minimum absolute atomic E-state index is 1.72. The summed E-state index contributed by atoms with van der Waals surface area (Å²) in [6.07, 6.45) is 0. The fourth-order valence-electron chi connectivity index (χ4n) is 0. The molecule has 0 fully saturated rings. The van der Waals surface area contributed by atoms with Gasteiger partial charge in [-0.3, -0.25) is 0 Å². The molecule has 0 aromatic heterocycles. The molecular weight excluding hydrogens is 68.1 g/mol. The third-order valence-corrected chi connectivity index (χ3v) is 0.306. The summed E-state index contributed by atoms with van der Waals surface area (Å²) in [4.78, 5) is 0. The Morgan fingerprint density at radius 3 is 2.00 bits per heavy atom. The van der Waals surface area contributed by atoms with E-state index in [0.29, 0.717) is 0 Å². The predicted molar refractivity (Wildman–Crippen MR) is 21.0 cm³/mol. The van der Waals surface area contributed by atoms with Crippen LogP contribution in [0.3, 0.4) is 0 Å². The first-order valence-electron chi connectivity index (χ1n) is 0.954. The van der Waals surface area contributed by atoms with Crippen molar-refractivity contribution < 1.29 is 0 Å². The van der Waals surface area contributed by atoms with Crippen LogP contribution in [0.15, 0.2) is 0 Å². The van der Waals surface area contributed by atoms with Crippen LogP contribution >= 0.6 is 12.6 Å². The van der Waals surface area contributed by atoms with Crippen LogP contribution in [0, 0.1) is 11.2 Å². The van der Waals surface area contributed by atoms with Gasteiger partial charge >= 0.3 is 0 Å². The predicted octanol–water partition coefficient (Wildman–Crippen LogP) is 1.16. The Morgan fingerprint density at radius 2 is 2.00 bits per heavy atom. The van der Waals surface area contributed by atoms with Crippen LogP contribution in [-0.2, 0) is 0 Å². The summed E-state index contributed by atoms with van der Waals surface area (Å²) in [7, 11) is 0. The molecule has 0 aliphatic heterocycles. The molecule has 0 aliphatic rings. The van der Waals surface area contributed by atoms with E-state index in [1.165, 1.54) is 0 Å². The van der Waals surface area contributed by atoms with E-state index in [0.717, 1.165) is 0 Å². The topological polar surface area (TPSA) is 0 Å². The Hall–Kier alpha value is -0.220. The molecule has 0 bridgehead atoms. The molecule has 0 unspecified atom stereocenters. The molecule has 0 saturated carbocycles. The van der Waals surface area contributed by atoms with Crippen LogP contribution in [0.2, 0.25) is 0 Å². The normalized spacial score (nSPS) is 3.25. The van der Waals surface area contributed by atoms with Gasteiger partial charge in [0.25, 0.3) is 0 Å². The van der Waals surface area contributed by atoms with Crippen molar-refractivity contribution >= 4 is 12.6 Å². The molecule has 0 saturated heterocycles. The highest BCUT2D eigenvalue weighted by Crippen LogP contribution is 1.54. The maximum atomic E-state index is 4.19. The molecule has 0 heterocycles. The number of hydrogen-bond acceptors (Lipinski definition) is 0. The van der Waals surface area contributed by atoms with Crippen molar-refractivity contribution in [2.75, 3.05) is 0 Å². The molecule has 0 aromatic rings. The van der Waals surface area contributed by atoms with Gasteiger partial charge in [0, 0.05) is 5.25 Å². The lowest BCUT2D eigenvalue weighted by Gasteiger charge is -1.36. The van der Waals surface area contributed by atoms with E-state index in [1.54, 1.807) is 6.92 Å². The lowest BCUT2D eigenvalue weighted by atomic mass is 10.9. The maximum Gasteiger partial charge on any atom is 0.000206 e. The molecule has 0 N–H and O–H groups in total.